The van der Waals surface area contributed by atoms with Gasteiger partial charge in [0.15, 0.2) is 5.78 Å². The Kier molecular flexibility index (Phi) is 3.67. The molecule has 19 heavy (non-hydrogen) atoms. The zero-order valence-electron chi connectivity index (χ0n) is 11.7. The maximum Gasteiger partial charge on any atom is 0.177 e. The van der Waals surface area contributed by atoms with Gasteiger partial charge in [0.05, 0.1) is 6.54 Å². The summed E-state index contributed by atoms with van der Waals surface area (Å²) in [4.78, 5) is 17.1. The number of likely N-dealkylation sites (N-methyl/N-ethyl adjacent to an activating group) is 1. The molecule has 0 amide bonds. The molecule has 0 saturated carbocycles. The first-order valence-electron chi connectivity index (χ1n) is 7.29. The van der Waals surface area contributed by atoms with Gasteiger partial charge in [-0.25, -0.2) is 0 Å². The molecule has 0 aromatic heterocycles. The highest BCUT2D eigenvalue weighted by Gasteiger charge is 2.21. The van der Waals surface area contributed by atoms with Gasteiger partial charge in [0.1, 0.15) is 0 Å². The Morgan fingerprint density at radius 3 is 2.74 bits per heavy atom. The van der Waals surface area contributed by atoms with Crippen molar-refractivity contribution in [1.82, 2.24) is 9.80 Å². The van der Waals surface area contributed by atoms with Crippen LogP contribution in [0.5, 0.6) is 0 Å². The topological polar surface area (TPSA) is 23.6 Å². The van der Waals surface area contributed by atoms with Gasteiger partial charge in [0.25, 0.3) is 0 Å². The van der Waals surface area contributed by atoms with Crippen molar-refractivity contribution in [2.45, 2.75) is 19.3 Å². The number of aryl methyl sites for hydroxylation is 1. The fourth-order valence-corrected chi connectivity index (χ4v) is 3.18. The summed E-state index contributed by atoms with van der Waals surface area (Å²) in [5, 5.41) is 0. The molecule has 3 rings (SSSR count). The van der Waals surface area contributed by atoms with Crippen LogP contribution in [0, 0.1) is 0 Å². The lowest BCUT2D eigenvalue weighted by atomic mass is 9.99. The van der Waals surface area contributed by atoms with Crippen molar-refractivity contribution < 1.29 is 4.79 Å². The van der Waals surface area contributed by atoms with Gasteiger partial charge in [-0.2, -0.15) is 0 Å². The number of benzene rings is 1. The molecular weight excluding hydrogens is 236 g/mol. The van der Waals surface area contributed by atoms with Gasteiger partial charge in [0.2, 0.25) is 0 Å². The average molecular weight is 258 g/mol. The van der Waals surface area contributed by atoms with Crippen LogP contribution in [0.3, 0.4) is 0 Å². The van der Waals surface area contributed by atoms with Crippen LogP contribution in [0.2, 0.25) is 0 Å². The van der Waals surface area contributed by atoms with Crippen molar-refractivity contribution in [3.63, 3.8) is 0 Å². The lowest BCUT2D eigenvalue weighted by Gasteiger charge is -2.31. The first-order chi connectivity index (χ1) is 9.24. The van der Waals surface area contributed by atoms with Gasteiger partial charge >= 0.3 is 0 Å². The molecule has 1 aliphatic heterocycles. The molecule has 1 aromatic carbocycles. The molecule has 102 valence electrons. The lowest BCUT2D eigenvalue weighted by Crippen LogP contribution is -2.46. The van der Waals surface area contributed by atoms with Crippen molar-refractivity contribution in [2.75, 3.05) is 39.8 Å². The lowest BCUT2D eigenvalue weighted by molar-refractivity contribution is 0.0875. The van der Waals surface area contributed by atoms with Gasteiger partial charge in [-0.05, 0) is 37.4 Å². The number of hydrogen-bond donors (Lipinski definition) is 0. The molecule has 1 aliphatic carbocycles. The Balaban J connectivity index is 1.69. The third-order valence-electron chi connectivity index (χ3n) is 4.41. The summed E-state index contributed by atoms with van der Waals surface area (Å²) in [5.74, 6) is 0.309. The monoisotopic (exact) mass is 258 g/mol. The molecule has 1 heterocycles. The van der Waals surface area contributed by atoms with E-state index in [9.17, 15) is 4.79 Å². The molecule has 2 aliphatic rings. The minimum atomic E-state index is 0.309. The van der Waals surface area contributed by atoms with Crippen LogP contribution in [-0.4, -0.2) is 55.4 Å². The predicted octanol–water partition coefficient (Wildman–Crippen LogP) is 1.61. The van der Waals surface area contributed by atoms with Gasteiger partial charge in [-0.3, -0.25) is 9.69 Å². The second-order valence-corrected chi connectivity index (χ2v) is 5.80. The van der Waals surface area contributed by atoms with Crippen molar-refractivity contribution in [2.24, 2.45) is 0 Å². The maximum absolute atomic E-state index is 12.5. The number of carbonyl (C=O) groups excluding carboxylic acids is 1. The first kappa shape index (κ1) is 12.8. The zero-order chi connectivity index (χ0) is 13.2. The minimum Gasteiger partial charge on any atom is -0.304 e. The van der Waals surface area contributed by atoms with Crippen molar-refractivity contribution in [3.05, 3.63) is 34.9 Å². The van der Waals surface area contributed by atoms with E-state index in [4.69, 9.17) is 0 Å². The summed E-state index contributed by atoms with van der Waals surface area (Å²) in [5.41, 5.74) is 3.69. The molecule has 0 atom stereocenters. The number of fused-ring (bicyclic) bond motifs is 1. The van der Waals surface area contributed by atoms with Gasteiger partial charge in [0, 0.05) is 31.7 Å². The van der Waals surface area contributed by atoms with E-state index in [2.05, 4.69) is 22.9 Å². The summed E-state index contributed by atoms with van der Waals surface area (Å²) in [7, 11) is 2.14. The first-order valence-corrected chi connectivity index (χ1v) is 7.29. The van der Waals surface area contributed by atoms with Crippen LogP contribution < -0.4 is 0 Å². The summed E-state index contributed by atoms with van der Waals surface area (Å²) in [6.07, 6.45) is 3.43. The van der Waals surface area contributed by atoms with E-state index < -0.39 is 0 Å². The van der Waals surface area contributed by atoms with Crippen LogP contribution >= 0.6 is 0 Å². The molecule has 1 saturated heterocycles. The molecule has 0 unspecified atom stereocenters. The normalized spacial score (nSPS) is 20.5. The van der Waals surface area contributed by atoms with E-state index >= 15 is 0 Å². The van der Waals surface area contributed by atoms with E-state index in [1.54, 1.807) is 0 Å². The number of nitrogens with zero attached hydrogens (tertiary/aromatic N) is 2. The number of rotatable bonds is 3. The molecule has 3 heteroatoms. The minimum absolute atomic E-state index is 0.309. The third-order valence-corrected chi connectivity index (χ3v) is 4.41. The second kappa shape index (κ2) is 5.43. The SMILES string of the molecule is CN1CCN(CC(=O)c2cccc3c2CCC3)CC1. The summed E-state index contributed by atoms with van der Waals surface area (Å²) in [6.45, 7) is 4.75. The Bertz CT molecular complexity index is 476. The molecule has 0 N–H and O–H groups in total. The largest absolute Gasteiger partial charge is 0.304 e. The number of hydrogen-bond acceptors (Lipinski definition) is 3. The Morgan fingerprint density at radius 1 is 1.16 bits per heavy atom. The highest BCUT2D eigenvalue weighted by Crippen LogP contribution is 2.25. The molecule has 0 bridgehead atoms. The van der Waals surface area contributed by atoms with E-state index in [1.165, 1.54) is 17.5 Å². The third kappa shape index (κ3) is 2.72. The van der Waals surface area contributed by atoms with E-state index in [-0.39, 0.29) is 0 Å². The summed E-state index contributed by atoms with van der Waals surface area (Å²) >= 11 is 0. The summed E-state index contributed by atoms with van der Waals surface area (Å²) < 4.78 is 0. The molecule has 1 aromatic rings. The zero-order valence-corrected chi connectivity index (χ0v) is 11.7. The van der Waals surface area contributed by atoms with E-state index in [1.807, 2.05) is 12.1 Å². The Labute approximate surface area is 115 Å². The number of piperazine rings is 1. The highest BCUT2D eigenvalue weighted by molar-refractivity contribution is 5.99. The van der Waals surface area contributed by atoms with Gasteiger partial charge in [-0.1, -0.05) is 18.2 Å². The van der Waals surface area contributed by atoms with E-state index in [0.29, 0.717) is 12.3 Å². The predicted molar refractivity (Wildman–Crippen MR) is 76.7 cm³/mol. The second-order valence-electron chi connectivity index (χ2n) is 5.80. The molecule has 3 nitrogen and oxygen atoms in total. The number of ketones is 1. The highest BCUT2D eigenvalue weighted by atomic mass is 16.1. The molecule has 0 radical (unpaired) electrons. The fourth-order valence-electron chi connectivity index (χ4n) is 3.18. The Hall–Kier alpha value is -1.19. The van der Waals surface area contributed by atoms with Crippen molar-refractivity contribution >= 4 is 5.78 Å². The van der Waals surface area contributed by atoms with Crippen molar-refractivity contribution in [3.8, 4) is 0 Å². The number of carbonyl (C=O) groups is 1. The molecule has 0 spiro atoms. The van der Waals surface area contributed by atoms with Crippen LogP contribution in [-0.2, 0) is 12.8 Å². The van der Waals surface area contributed by atoms with Crippen LogP contribution in [0.1, 0.15) is 27.9 Å². The maximum atomic E-state index is 12.5. The number of Topliss-reactive ketones (excluding diaryl/α,β-unsaturated/α-hetero) is 1. The average Bonchev–Trinajstić information content (AvgIpc) is 2.89. The standard InChI is InChI=1S/C16H22N2O/c1-17-8-10-18(11-9-17)12-16(19)15-7-3-5-13-4-2-6-14(13)15/h3,5,7H,2,4,6,8-12H2,1H3. The quantitative estimate of drug-likeness (QED) is 0.770. The van der Waals surface area contributed by atoms with E-state index in [0.717, 1.165) is 44.6 Å². The Morgan fingerprint density at radius 2 is 1.95 bits per heavy atom. The molecule has 1 fully saturated rings. The smallest absolute Gasteiger partial charge is 0.177 e. The fraction of sp³-hybridized carbons (Fsp3) is 0.562. The summed E-state index contributed by atoms with van der Waals surface area (Å²) in [6, 6.07) is 6.24. The van der Waals surface area contributed by atoms with Crippen LogP contribution in [0.15, 0.2) is 18.2 Å². The van der Waals surface area contributed by atoms with Crippen LogP contribution in [0.25, 0.3) is 0 Å². The molecular formula is C16H22N2O. The van der Waals surface area contributed by atoms with Crippen LogP contribution in [0.4, 0.5) is 0 Å². The van der Waals surface area contributed by atoms with Gasteiger partial charge < -0.3 is 4.90 Å². The van der Waals surface area contributed by atoms with Gasteiger partial charge in [-0.15, -0.1) is 0 Å². The van der Waals surface area contributed by atoms with Crippen molar-refractivity contribution in [1.29, 1.82) is 0 Å².